The van der Waals surface area contributed by atoms with Crippen molar-refractivity contribution in [2.75, 3.05) is 10.5 Å². The van der Waals surface area contributed by atoms with E-state index >= 15 is 0 Å². The molecular formula is C11H10Cl2N4O2S. The first-order valence-corrected chi connectivity index (χ1v) is 7.61. The summed E-state index contributed by atoms with van der Waals surface area (Å²) in [6.45, 7) is 1.66. The summed E-state index contributed by atoms with van der Waals surface area (Å²) in [5.41, 5.74) is 6.26. The van der Waals surface area contributed by atoms with Crippen molar-refractivity contribution in [1.29, 1.82) is 0 Å². The molecule has 2 rings (SSSR count). The molecule has 9 heteroatoms. The van der Waals surface area contributed by atoms with E-state index in [-0.39, 0.29) is 26.7 Å². The summed E-state index contributed by atoms with van der Waals surface area (Å²) in [6.07, 6.45) is 1.40. The minimum atomic E-state index is -3.91. The Balaban J connectivity index is 2.47. The molecule has 0 spiro atoms. The van der Waals surface area contributed by atoms with Gasteiger partial charge < -0.3 is 5.73 Å². The lowest BCUT2D eigenvalue weighted by atomic mass is 10.3. The van der Waals surface area contributed by atoms with Gasteiger partial charge >= 0.3 is 0 Å². The summed E-state index contributed by atoms with van der Waals surface area (Å²) in [5.74, 6) is -0.101. The minimum Gasteiger partial charge on any atom is -0.383 e. The lowest BCUT2D eigenvalue weighted by Gasteiger charge is -2.12. The van der Waals surface area contributed by atoms with E-state index in [4.69, 9.17) is 28.9 Å². The molecule has 0 amide bonds. The van der Waals surface area contributed by atoms with Crippen LogP contribution in [0.1, 0.15) is 5.56 Å². The van der Waals surface area contributed by atoms with Crippen molar-refractivity contribution in [2.45, 2.75) is 11.8 Å². The van der Waals surface area contributed by atoms with Gasteiger partial charge in [-0.2, -0.15) is 0 Å². The number of pyridine rings is 2. The predicted octanol–water partition coefficient (Wildman–Crippen LogP) is 2.47. The SMILES string of the molecule is Cc1cc(Cl)nc(Cl)c1NS(=O)(=O)c1cccnc1N. The van der Waals surface area contributed by atoms with E-state index in [2.05, 4.69) is 14.7 Å². The molecule has 0 aliphatic heterocycles. The molecular weight excluding hydrogens is 323 g/mol. The van der Waals surface area contributed by atoms with E-state index < -0.39 is 10.0 Å². The van der Waals surface area contributed by atoms with Crippen LogP contribution in [-0.4, -0.2) is 18.4 Å². The number of aryl methyl sites for hydroxylation is 1. The molecule has 0 aliphatic rings. The second-order valence-corrected chi connectivity index (χ2v) is 6.32. The number of anilines is 2. The number of hydrogen-bond acceptors (Lipinski definition) is 5. The maximum atomic E-state index is 12.3. The Morgan fingerprint density at radius 3 is 2.65 bits per heavy atom. The van der Waals surface area contributed by atoms with Gasteiger partial charge in [-0.15, -0.1) is 0 Å². The fraction of sp³-hybridized carbons (Fsp3) is 0.0909. The van der Waals surface area contributed by atoms with Crippen molar-refractivity contribution < 1.29 is 8.42 Å². The highest BCUT2D eigenvalue weighted by Gasteiger charge is 2.21. The van der Waals surface area contributed by atoms with Gasteiger partial charge in [-0.3, -0.25) is 4.72 Å². The van der Waals surface area contributed by atoms with Crippen LogP contribution in [0.2, 0.25) is 10.3 Å². The maximum Gasteiger partial charge on any atom is 0.265 e. The van der Waals surface area contributed by atoms with Crippen LogP contribution in [0.4, 0.5) is 11.5 Å². The van der Waals surface area contributed by atoms with Crippen LogP contribution in [0, 0.1) is 6.92 Å². The lowest BCUT2D eigenvalue weighted by Crippen LogP contribution is -2.16. The molecule has 0 aromatic carbocycles. The third kappa shape index (κ3) is 2.95. The van der Waals surface area contributed by atoms with Crippen LogP contribution in [0.25, 0.3) is 0 Å². The van der Waals surface area contributed by atoms with E-state index in [1.165, 1.54) is 24.4 Å². The summed E-state index contributed by atoms with van der Waals surface area (Å²) in [4.78, 5) is 7.39. The third-order valence-electron chi connectivity index (χ3n) is 2.47. The van der Waals surface area contributed by atoms with Crippen LogP contribution >= 0.6 is 23.2 Å². The molecule has 0 radical (unpaired) electrons. The van der Waals surface area contributed by atoms with Crippen LogP contribution < -0.4 is 10.5 Å². The minimum absolute atomic E-state index is 0.0407. The molecule has 20 heavy (non-hydrogen) atoms. The quantitative estimate of drug-likeness (QED) is 0.841. The van der Waals surface area contributed by atoms with Crippen LogP contribution in [0.15, 0.2) is 29.3 Å². The summed E-state index contributed by atoms with van der Waals surface area (Å²) in [5, 5.41) is 0.136. The molecule has 0 atom stereocenters. The van der Waals surface area contributed by atoms with Crippen LogP contribution in [0.3, 0.4) is 0 Å². The van der Waals surface area contributed by atoms with Gasteiger partial charge in [-0.25, -0.2) is 18.4 Å². The van der Waals surface area contributed by atoms with Gasteiger partial charge in [0, 0.05) is 6.20 Å². The zero-order valence-corrected chi connectivity index (χ0v) is 12.6. The molecule has 0 bridgehead atoms. The van der Waals surface area contributed by atoms with Gasteiger partial charge in [0.1, 0.15) is 15.9 Å². The molecule has 2 aromatic heterocycles. The second-order valence-electron chi connectivity index (χ2n) is 3.92. The largest absolute Gasteiger partial charge is 0.383 e. The normalized spacial score (nSPS) is 11.3. The van der Waals surface area contributed by atoms with Gasteiger partial charge in [0.25, 0.3) is 10.0 Å². The summed E-state index contributed by atoms with van der Waals surface area (Å²) >= 11 is 11.6. The third-order valence-corrected chi connectivity index (χ3v) is 4.33. The number of sulfonamides is 1. The molecule has 0 fully saturated rings. The molecule has 3 N–H and O–H groups in total. The number of halogens is 2. The number of nitrogens with zero attached hydrogens (tertiary/aromatic N) is 2. The van der Waals surface area contributed by atoms with Crippen molar-refractivity contribution >= 4 is 44.7 Å². The summed E-state index contributed by atoms with van der Waals surface area (Å²) in [7, 11) is -3.91. The van der Waals surface area contributed by atoms with Gasteiger partial charge in [-0.05, 0) is 30.7 Å². The highest BCUT2D eigenvalue weighted by atomic mass is 35.5. The fourth-order valence-corrected chi connectivity index (χ4v) is 3.39. The summed E-state index contributed by atoms with van der Waals surface area (Å²) in [6, 6.07) is 4.31. The first kappa shape index (κ1) is 14.8. The van der Waals surface area contributed by atoms with E-state index in [0.717, 1.165) is 0 Å². The highest BCUT2D eigenvalue weighted by molar-refractivity contribution is 7.92. The molecule has 0 unspecified atom stereocenters. The monoisotopic (exact) mass is 332 g/mol. The van der Waals surface area contributed by atoms with Gasteiger partial charge in [0.2, 0.25) is 0 Å². The molecule has 2 aromatic rings. The Kier molecular flexibility index (Phi) is 4.03. The highest BCUT2D eigenvalue weighted by Crippen LogP contribution is 2.29. The second kappa shape index (κ2) is 5.43. The number of nitrogens with two attached hydrogens (primary N) is 1. The Labute approximate surface area is 126 Å². The van der Waals surface area contributed by atoms with Crippen molar-refractivity contribution in [3.63, 3.8) is 0 Å². The molecule has 2 heterocycles. The average Bonchev–Trinajstić information content (AvgIpc) is 2.34. The zero-order chi connectivity index (χ0) is 14.9. The van der Waals surface area contributed by atoms with E-state index in [1.54, 1.807) is 6.92 Å². The Morgan fingerprint density at radius 2 is 2.05 bits per heavy atom. The fourth-order valence-electron chi connectivity index (χ4n) is 1.54. The van der Waals surface area contributed by atoms with Crippen molar-refractivity contribution in [3.8, 4) is 0 Å². The van der Waals surface area contributed by atoms with E-state index in [1.807, 2.05) is 0 Å². The first-order valence-electron chi connectivity index (χ1n) is 5.37. The van der Waals surface area contributed by atoms with Crippen LogP contribution in [-0.2, 0) is 10.0 Å². The Bertz CT molecular complexity index is 742. The topological polar surface area (TPSA) is 98.0 Å². The number of hydrogen-bond donors (Lipinski definition) is 2. The number of nitrogen functional groups attached to an aromatic ring is 1. The Hall–Kier alpha value is -1.57. The molecule has 106 valence electrons. The zero-order valence-electron chi connectivity index (χ0n) is 10.3. The smallest absolute Gasteiger partial charge is 0.265 e. The van der Waals surface area contributed by atoms with E-state index in [0.29, 0.717) is 5.56 Å². The number of rotatable bonds is 3. The van der Waals surface area contributed by atoms with Gasteiger partial charge in [0.15, 0.2) is 5.15 Å². The molecule has 0 aliphatic carbocycles. The van der Waals surface area contributed by atoms with Crippen LogP contribution in [0.5, 0.6) is 0 Å². The maximum absolute atomic E-state index is 12.3. The standard InChI is InChI=1S/C11H10Cl2N4O2S/c1-6-5-8(12)16-10(13)9(6)17-20(18,19)7-3-2-4-15-11(7)14/h2-5,17H,1H3,(H2,14,15). The van der Waals surface area contributed by atoms with Gasteiger partial charge in [0.05, 0.1) is 5.69 Å². The first-order chi connectivity index (χ1) is 9.31. The molecule has 0 saturated carbocycles. The lowest BCUT2D eigenvalue weighted by molar-refractivity contribution is 0.601. The molecule has 0 saturated heterocycles. The Morgan fingerprint density at radius 1 is 1.35 bits per heavy atom. The summed E-state index contributed by atoms with van der Waals surface area (Å²) < 4.78 is 26.9. The predicted molar refractivity (Wildman–Crippen MR) is 78.5 cm³/mol. The molecule has 6 nitrogen and oxygen atoms in total. The average molecular weight is 333 g/mol. The van der Waals surface area contributed by atoms with E-state index in [9.17, 15) is 8.42 Å². The van der Waals surface area contributed by atoms with Crippen molar-refractivity contribution in [2.24, 2.45) is 0 Å². The van der Waals surface area contributed by atoms with Crippen molar-refractivity contribution in [3.05, 3.63) is 40.3 Å². The van der Waals surface area contributed by atoms with Gasteiger partial charge in [-0.1, -0.05) is 23.2 Å². The number of aromatic nitrogens is 2. The number of nitrogens with one attached hydrogen (secondary N) is 1. The van der Waals surface area contributed by atoms with Crippen molar-refractivity contribution in [1.82, 2.24) is 9.97 Å².